The van der Waals surface area contributed by atoms with Crippen LogP contribution in [0.15, 0.2) is 42.1 Å². The molecule has 136 valence electrons. The lowest BCUT2D eigenvalue weighted by atomic mass is 10.1. The topological polar surface area (TPSA) is 68.3 Å². The van der Waals surface area contributed by atoms with Gasteiger partial charge < -0.3 is 10.1 Å². The molecule has 0 saturated carbocycles. The number of ether oxygens (including phenoxy) is 1. The van der Waals surface area contributed by atoms with E-state index < -0.39 is 34.1 Å². The van der Waals surface area contributed by atoms with E-state index in [0.29, 0.717) is 5.69 Å². The first kappa shape index (κ1) is 19.8. The van der Waals surface area contributed by atoms with Crippen molar-refractivity contribution in [3.05, 3.63) is 69.6 Å². The lowest BCUT2D eigenvalue weighted by Gasteiger charge is -2.09. The number of benzene rings is 1. The van der Waals surface area contributed by atoms with Crippen LogP contribution in [0.2, 0.25) is 10.3 Å². The number of carbonyl (C=O) groups is 2. The number of nitrogens with zero attached hydrogens (tertiary/aromatic N) is 1. The molecule has 2 rings (SSSR count). The van der Waals surface area contributed by atoms with Crippen LogP contribution in [0.25, 0.3) is 0 Å². The smallest absolute Gasteiger partial charge is 0.343 e. The van der Waals surface area contributed by atoms with Gasteiger partial charge in [0.25, 0.3) is 0 Å². The van der Waals surface area contributed by atoms with E-state index in [1.165, 1.54) is 24.3 Å². The summed E-state index contributed by atoms with van der Waals surface area (Å²) < 4.78 is 31.4. The molecule has 0 unspecified atom stereocenters. The third-order valence-corrected chi connectivity index (χ3v) is 3.65. The molecule has 0 amide bonds. The molecule has 0 radical (unpaired) electrons. The molecule has 1 heterocycles. The van der Waals surface area contributed by atoms with E-state index in [1.54, 1.807) is 6.92 Å². The van der Waals surface area contributed by atoms with Crippen molar-refractivity contribution in [1.29, 1.82) is 0 Å². The Bertz CT molecular complexity index is 871. The molecule has 26 heavy (non-hydrogen) atoms. The summed E-state index contributed by atoms with van der Waals surface area (Å²) in [5, 5.41) is 1.81. The summed E-state index contributed by atoms with van der Waals surface area (Å²) in [5.41, 5.74) is -0.386. The molecule has 0 atom stereocenters. The molecule has 1 aromatic heterocycles. The highest BCUT2D eigenvalue weighted by atomic mass is 35.5. The minimum Gasteiger partial charge on any atom is -0.462 e. The predicted octanol–water partition coefficient (Wildman–Crippen LogP) is 4.41. The Labute approximate surface area is 157 Å². The van der Waals surface area contributed by atoms with Crippen LogP contribution in [0.5, 0.6) is 0 Å². The fraction of sp³-hybridized carbons (Fsp3) is 0.118. The van der Waals surface area contributed by atoms with Crippen molar-refractivity contribution in [2.24, 2.45) is 0 Å². The van der Waals surface area contributed by atoms with Crippen molar-refractivity contribution < 1.29 is 23.1 Å². The summed E-state index contributed by atoms with van der Waals surface area (Å²) in [4.78, 5) is 28.2. The molecule has 0 saturated heterocycles. The van der Waals surface area contributed by atoms with Crippen molar-refractivity contribution in [2.75, 3.05) is 11.9 Å². The van der Waals surface area contributed by atoms with Crippen LogP contribution in [0, 0.1) is 11.6 Å². The van der Waals surface area contributed by atoms with Crippen molar-refractivity contribution in [1.82, 2.24) is 4.98 Å². The second-order valence-corrected chi connectivity index (χ2v) is 5.57. The maximum atomic E-state index is 13.6. The largest absolute Gasteiger partial charge is 0.462 e. The Hall–Kier alpha value is -2.51. The van der Waals surface area contributed by atoms with Crippen molar-refractivity contribution in [2.45, 2.75) is 6.92 Å². The van der Waals surface area contributed by atoms with Crippen molar-refractivity contribution >= 4 is 40.6 Å². The first-order valence-electron chi connectivity index (χ1n) is 7.29. The fourth-order valence-electron chi connectivity index (χ4n) is 1.88. The minimum atomic E-state index is -0.964. The van der Waals surface area contributed by atoms with E-state index >= 15 is 0 Å². The molecule has 1 N–H and O–H groups in total. The number of hydrogen-bond acceptors (Lipinski definition) is 5. The highest BCUT2D eigenvalue weighted by molar-refractivity contribution is 6.37. The van der Waals surface area contributed by atoms with Crippen LogP contribution in [0.1, 0.15) is 17.3 Å². The maximum Gasteiger partial charge on any atom is 0.343 e. The third kappa shape index (κ3) is 4.77. The molecule has 0 aliphatic rings. The summed E-state index contributed by atoms with van der Waals surface area (Å²) in [6, 6.07) is 5.96. The van der Waals surface area contributed by atoms with E-state index in [0.717, 1.165) is 12.3 Å². The predicted molar refractivity (Wildman–Crippen MR) is 93.3 cm³/mol. The molecule has 0 spiro atoms. The SMILES string of the molecule is CCOC(=O)C(=CNc1ccc(F)cc1)C(=O)c1cc(F)c(Cl)nc1Cl. The van der Waals surface area contributed by atoms with Gasteiger partial charge in [-0.3, -0.25) is 4.79 Å². The second-order valence-electron chi connectivity index (χ2n) is 4.86. The number of halogens is 4. The Morgan fingerprint density at radius 1 is 1.19 bits per heavy atom. The molecule has 0 aliphatic heterocycles. The summed E-state index contributed by atoms with van der Waals surface area (Å²) in [7, 11) is 0. The molecule has 0 fully saturated rings. The number of pyridine rings is 1. The molecule has 2 aromatic rings. The van der Waals surface area contributed by atoms with Crippen molar-refractivity contribution in [3.8, 4) is 0 Å². The highest BCUT2D eigenvalue weighted by Gasteiger charge is 2.25. The van der Waals surface area contributed by atoms with E-state index in [2.05, 4.69) is 10.3 Å². The number of aromatic nitrogens is 1. The highest BCUT2D eigenvalue weighted by Crippen LogP contribution is 2.23. The molecular formula is C17H12Cl2F2N2O3. The van der Waals surface area contributed by atoms with Gasteiger partial charge in [0, 0.05) is 11.9 Å². The fourth-order valence-corrected chi connectivity index (χ4v) is 2.28. The van der Waals surface area contributed by atoms with E-state index in [1.807, 2.05) is 0 Å². The zero-order valence-corrected chi connectivity index (χ0v) is 14.9. The molecule has 5 nitrogen and oxygen atoms in total. The number of nitrogens with one attached hydrogen (secondary N) is 1. The van der Waals surface area contributed by atoms with Gasteiger partial charge in [-0.05, 0) is 37.3 Å². The van der Waals surface area contributed by atoms with Gasteiger partial charge in [0.2, 0.25) is 5.78 Å². The average molecular weight is 401 g/mol. The van der Waals surface area contributed by atoms with Gasteiger partial charge in [-0.25, -0.2) is 18.6 Å². The molecular weight excluding hydrogens is 389 g/mol. The third-order valence-electron chi connectivity index (χ3n) is 3.10. The van der Waals surface area contributed by atoms with Crippen LogP contribution < -0.4 is 5.32 Å². The summed E-state index contributed by atoms with van der Waals surface area (Å²) in [6.07, 6.45) is 1.07. The normalized spacial score (nSPS) is 11.2. The van der Waals surface area contributed by atoms with E-state index in [9.17, 15) is 18.4 Å². The number of anilines is 1. The Balaban J connectivity index is 2.39. The summed E-state index contributed by atoms with van der Waals surface area (Å²) in [5.74, 6) is -3.27. The Morgan fingerprint density at radius 3 is 2.46 bits per heavy atom. The van der Waals surface area contributed by atoms with E-state index in [-0.39, 0.29) is 17.3 Å². The molecule has 0 aliphatic carbocycles. The average Bonchev–Trinajstić information content (AvgIpc) is 2.60. The molecule has 1 aromatic carbocycles. The zero-order chi connectivity index (χ0) is 19.3. The van der Waals surface area contributed by atoms with Crippen LogP contribution in [-0.4, -0.2) is 23.3 Å². The van der Waals surface area contributed by atoms with Gasteiger partial charge in [-0.15, -0.1) is 0 Å². The number of rotatable bonds is 6. The lowest BCUT2D eigenvalue weighted by Crippen LogP contribution is -2.18. The van der Waals surface area contributed by atoms with Crippen LogP contribution in [0.3, 0.4) is 0 Å². The molecule has 0 bridgehead atoms. The summed E-state index contributed by atoms with van der Waals surface area (Å²) in [6.45, 7) is 1.57. The first-order valence-corrected chi connectivity index (χ1v) is 8.04. The summed E-state index contributed by atoms with van der Waals surface area (Å²) >= 11 is 11.3. The quantitative estimate of drug-likeness (QED) is 0.194. The number of carbonyl (C=O) groups excluding carboxylic acids is 2. The van der Waals surface area contributed by atoms with Gasteiger partial charge in [-0.1, -0.05) is 23.2 Å². The first-order chi connectivity index (χ1) is 12.3. The number of ketones is 1. The molecule has 9 heteroatoms. The van der Waals surface area contributed by atoms with Crippen molar-refractivity contribution in [3.63, 3.8) is 0 Å². The minimum absolute atomic E-state index is 0.0148. The van der Waals surface area contributed by atoms with E-state index in [4.69, 9.17) is 27.9 Å². The van der Waals surface area contributed by atoms with Gasteiger partial charge in [-0.2, -0.15) is 0 Å². The van der Waals surface area contributed by atoms with Crippen LogP contribution in [-0.2, 0) is 9.53 Å². The van der Waals surface area contributed by atoms with Gasteiger partial charge in [0.05, 0.1) is 12.2 Å². The van der Waals surface area contributed by atoms with Gasteiger partial charge >= 0.3 is 5.97 Å². The maximum absolute atomic E-state index is 13.6. The Kier molecular flexibility index (Phi) is 6.65. The number of hydrogen-bond donors (Lipinski definition) is 1. The lowest BCUT2D eigenvalue weighted by molar-refractivity contribution is -0.138. The monoisotopic (exact) mass is 400 g/mol. The number of esters is 1. The zero-order valence-electron chi connectivity index (χ0n) is 13.4. The second kappa shape index (κ2) is 8.73. The number of Topliss-reactive ketones (excluding diaryl/α,β-unsaturated/α-hetero) is 1. The van der Waals surface area contributed by atoms with Crippen LogP contribution >= 0.6 is 23.2 Å². The van der Waals surface area contributed by atoms with Crippen LogP contribution in [0.4, 0.5) is 14.5 Å². The van der Waals surface area contributed by atoms with Gasteiger partial charge in [0.1, 0.15) is 16.5 Å². The van der Waals surface area contributed by atoms with Gasteiger partial charge in [0.15, 0.2) is 11.0 Å². The standard InChI is InChI=1S/C17H12Cl2F2N2O3/c1-2-26-17(25)12(8-22-10-5-3-9(20)4-6-10)14(24)11-7-13(21)16(19)23-15(11)18/h3-8,22H,2H2,1H3. The Morgan fingerprint density at radius 2 is 1.85 bits per heavy atom.